The molecule has 0 fully saturated rings. The maximum absolute atomic E-state index is 14.5. The highest BCUT2D eigenvalue weighted by Crippen LogP contribution is 2.52. The van der Waals surface area contributed by atoms with Crippen molar-refractivity contribution in [3.05, 3.63) is 52.4 Å². The van der Waals surface area contributed by atoms with E-state index in [1.165, 1.54) is 6.07 Å². The lowest BCUT2D eigenvalue weighted by Crippen LogP contribution is -2.52. The average Bonchev–Trinajstić information content (AvgIpc) is 2.58. The van der Waals surface area contributed by atoms with Crippen LogP contribution in [0.1, 0.15) is 51.7 Å². The molecule has 2 aromatic rings. The van der Waals surface area contributed by atoms with Gasteiger partial charge in [0.25, 0.3) is 0 Å². The monoisotopic (exact) mass is 419 g/mol. The third-order valence-electron chi connectivity index (χ3n) is 4.70. The third kappa shape index (κ3) is 4.19. The molecule has 29 heavy (non-hydrogen) atoms. The number of hydrogen-bond acceptors (Lipinski definition) is 4. The number of para-hydroxylation sites is 1. The first-order valence-electron chi connectivity index (χ1n) is 9.16. The Labute approximate surface area is 173 Å². The molecule has 0 bridgehead atoms. The minimum absolute atomic E-state index is 0.000199. The van der Waals surface area contributed by atoms with Gasteiger partial charge < -0.3 is 10.1 Å². The molecule has 0 saturated heterocycles. The number of hydrogen-bond donors (Lipinski definition) is 2. The zero-order chi connectivity index (χ0) is 21.6. The van der Waals surface area contributed by atoms with Crippen LogP contribution in [0.25, 0.3) is 0 Å². The Bertz CT molecular complexity index is 986. The summed E-state index contributed by atoms with van der Waals surface area (Å²) >= 11 is 5.98. The van der Waals surface area contributed by atoms with Gasteiger partial charge in [-0.25, -0.2) is 14.2 Å². The minimum atomic E-state index is -1.13. The molecule has 6 nitrogen and oxygen atoms in total. The Hall–Kier alpha value is -2.67. The fourth-order valence-corrected chi connectivity index (χ4v) is 3.54. The smallest absolute Gasteiger partial charge is 0.321 e. The van der Waals surface area contributed by atoms with Crippen molar-refractivity contribution >= 4 is 23.5 Å². The van der Waals surface area contributed by atoms with E-state index in [9.17, 15) is 14.0 Å². The van der Waals surface area contributed by atoms with Gasteiger partial charge >= 0.3 is 6.03 Å². The van der Waals surface area contributed by atoms with Gasteiger partial charge in [0.1, 0.15) is 5.15 Å². The standard InChI is InChI=1S/C21H23ClFN3O3/c1-20(2,3)26-19(28)25-18(27)21(4,5)15-11-7-6-8-13(23)16(11)29-17-12(15)9-10-14(22)24-17/h6-10,15H,1-5H3,(H2,25,26,27,28)/t15-/m0/s1. The van der Waals surface area contributed by atoms with Crippen molar-refractivity contribution in [3.63, 3.8) is 0 Å². The summed E-state index contributed by atoms with van der Waals surface area (Å²) in [5, 5.41) is 5.28. The number of amides is 3. The van der Waals surface area contributed by atoms with Crippen LogP contribution in [0, 0.1) is 11.2 Å². The first-order valence-corrected chi connectivity index (χ1v) is 9.54. The Morgan fingerprint density at radius 1 is 1.10 bits per heavy atom. The average molecular weight is 420 g/mol. The van der Waals surface area contributed by atoms with E-state index in [0.29, 0.717) is 11.1 Å². The molecule has 0 spiro atoms. The van der Waals surface area contributed by atoms with Gasteiger partial charge in [0.2, 0.25) is 11.8 Å². The number of pyridine rings is 1. The lowest BCUT2D eigenvalue weighted by Gasteiger charge is -2.37. The van der Waals surface area contributed by atoms with Crippen molar-refractivity contribution in [2.75, 3.05) is 0 Å². The molecule has 3 rings (SSSR count). The summed E-state index contributed by atoms with van der Waals surface area (Å²) in [4.78, 5) is 29.5. The molecule has 1 aromatic heterocycles. The molecule has 2 heterocycles. The van der Waals surface area contributed by atoms with Gasteiger partial charge in [-0.3, -0.25) is 10.1 Å². The van der Waals surface area contributed by atoms with Gasteiger partial charge in [0.05, 0.1) is 5.41 Å². The van der Waals surface area contributed by atoms with Crippen LogP contribution in [0.4, 0.5) is 9.18 Å². The van der Waals surface area contributed by atoms with Gasteiger partial charge in [0, 0.05) is 22.6 Å². The molecule has 1 aliphatic heterocycles. The van der Waals surface area contributed by atoms with E-state index in [4.69, 9.17) is 16.3 Å². The lowest BCUT2D eigenvalue weighted by molar-refractivity contribution is -0.128. The first kappa shape index (κ1) is 21.0. The number of halogens is 2. The summed E-state index contributed by atoms with van der Waals surface area (Å²) in [6, 6.07) is 7.21. The minimum Gasteiger partial charge on any atom is -0.435 e. The summed E-state index contributed by atoms with van der Waals surface area (Å²) in [7, 11) is 0. The highest BCUT2D eigenvalue weighted by molar-refractivity contribution is 6.29. The second kappa shape index (κ2) is 7.30. The Balaban J connectivity index is 2.03. The molecule has 8 heteroatoms. The van der Waals surface area contributed by atoms with Crippen molar-refractivity contribution in [2.45, 2.75) is 46.1 Å². The van der Waals surface area contributed by atoms with E-state index in [2.05, 4.69) is 15.6 Å². The summed E-state index contributed by atoms with van der Waals surface area (Å²) in [5.41, 5.74) is -0.552. The molecule has 1 aromatic carbocycles. The number of carbonyl (C=O) groups excluding carboxylic acids is 2. The Kier molecular flexibility index (Phi) is 5.30. The highest BCUT2D eigenvalue weighted by atomic mass is 35.5. The van der Waals surface area contributed by atoms with Gasteiger partial charge in [-0.05, 0) is 39.0 Å². The van der Waals surface area contributed by atoms with Gasteiger partial charge in [-0.1, -0.05) is 37.6 Å². The maximum atomic E-state index is 14.5. The van der Waals surface area contributed by atoms with Crippen molar-refractivity contribution in [1.82, 2.24) is 15.6 Å². The van der Waals surface area contributed by atoms with Crippen molar-refractivity contribution in [3.8, 4) is 11.6 Å². The topological polar surface area (TPSA) is 80.3 Å². The zero-order valence-electron chi connectivity index (χ0n) is 16.9. The van der Waals surface area contributed by atoms with Gasteiger partial charge in [-0.15, -0.1) is 0 Å². The fraction of sp³-hybridized carbons (Fsp3) is 0.381. The Morgan fingerprint density at radius 2 is 1.79 bits per heavy atom. The Morgan fingerprint density at radius 3 is 2.45 bits per heavy atom. The molecule has 2 N–H and O–H groups in total. The number of carbonyl (C=O) groups is 2. The largest absolute Gasteiger partial charge is 0.435 e. The quantitative estimate of drug-likeness (QED) is 0.687. The van der Waals surface area contributed by atoms with Crippen LogP contribution in [0.2, 0.25) is 5.15 Å². The number of aromatic nitrogens is 1. The molecule has 0 aliphatic carbocycles. The number of benzene rings is 1. The second-order valence-corrected chi connectivity index (χ2v) is 8.99. The van der Waals surface area contributed by atoms with Crippen LogP contribution >= 0.6 is 11.6 Å². The van der Waals surface area contributed by atoms with Gasteiger partial charge in [-0.2, -0.15) is 0 Å². The number of urea groups is 1. The molecule has 154 valence electrons. The molecule has 1 atom stereocenters. The summed E-state index contributed by atoms with van der Waals surface area (Å²) in [5.74, 6) is -1.55. The van der Waals surface area contributed by atoms with E-state index in [0.717, 1.165) is 0 Å². The van der Waals surface area contributed by atoms with E-state index in [1.54, 1.807) is 38.1 Å². The van der Waals surface area contributed by atoms with Crippen LogP contribution in [0.15, 0.2) is 30.3 Å². The molecular formula is C21H23ClFN3O3. The molecule has 0 unspecified atom stereocenters. The van der Waals surface area contributed by atoms with Crippen LogP contribution in [0.3, 0.4) is 0 Å². The summed E-state index contributed by atoms with van der Waals surface area (Å²) in [6.07, 6.45) is 0. The van der Waals surface area contributed by atoms with Crippen LogP contribution in [0.5, 0.6) is 11.6 Å². The number of imide groups is 1. The van der Waals surface area contributed by atoms with Crippen molar-refractivity contribution in [2.24, 2.45) is 5.41 Å². The first-order chi connectivity index (χ1) is 13.4. The highest BCUT2D eigenvalue weighted by Gasteiger charge is 2.45. The molecule has 3 amide bonds. The third-order valence-corrected chi connectivity index (χ3v) is 4.91. The predicted molar refractivity (Wildman–Crippen MR) is 108 cm³/mol. The summed E-state index contributed by atoms with van der Waals surface area (Å²) in [6.45, 7) is 8.81. The van der Waals surface area contributed by atoms with E-state index in [1.807, 2.05) is 20.8 Å². The molecule has 0 saturated carbocycles. The number of nitrogens with zero attached hydrogens (tertiary/aromatic N) is 1. The van der Waals surface area contributed by atoms with Crippen molar-refractivity contribution < 1.29 is 18.7 Å². The van der Waals surface area contributed by atoms with E-state index in [-0.39, 0.29) is 16.8 Å². The SMILES string of the molecule is CC(C)(C)NC(=O)NC(=O)C(C)(C)[C@@H]1c2ccc(Cl)nc2Oc2c(F)cccc21. The second-order valence-electron chi connectivity index (χ2n) is 8.60. The van der Waals surface area contributed by atoms with Crippen LogP contribution in [-0.2, 0) is 4.79 Å². The molecule has 0 radical (unpaired) electrons. The number of nitrogens with one attached hydrogen (secondary N) is 2. The molecule has 1 aliphatic rings. The van der Waals surface area contributed by atoms with Crippen LogP contribution in [-0.4, -0.2) is 22.5 Å². The van der Waals surface area contributed by atoms with Gasteiger partial charge in [0.15, 0.2) is 11.6 Å². The number of fused-ring (bicyclic) bond motifs is 2. The number of ether oxygens (including phenoxy) is 1. The van der Waals surface area contributed by atoms with E-state index >= 15 is 0 Å². The van der Waals surface area contributed by atoms with Crippen molar-refractivity contribution in [1.29, 1.82) is 0 Å². The zero-order valence-corrected chi connectivity index (χ0v) is 17.6. The lowest BCUT2D eigenvalue weighted by atomic mass is 9.69. The summed E-state index contributed by atoms with van der Waals surface area (Å²) < 4.78 is 20.1. The normalized spacial score (nSPS) is 15.6. The van der Waals surface area contributed by atoms with E-state index < -0.39 is 34.6 Å². The molecular weight excluding hydrogens is 397 g/mol. The van der Waals surface area contributed by atoms with Crippen LogP contribution < -0.4 is 15.4 Å². The predicted octanol–water partition coefficient (Wildman–Crippen LogP) is 4.76. The number of rotatable bonds is 2. The fourth-order valence-electron chi connectivity index (χ4n) is 3.40. The maximum Gasteiger partial charge on any atom is 0.321 e.